The fraction of sp³-hybridized carbons (Fsp3) is 0.257. The van der Waals surface area contributed by atoms with Gasteiger partial charge >= 0.3 is 6.36 Å². The van der Waals surface area contributed by atoms with Gasteiger partial charge in [-0.15, -0.1) is 13.2 Å². The molecule has 1 aromatic heterocycles. The lowest BCUT2D eigenvalue weighted by Crippen LogP contribution is -2.45. The van der Waals surface area contributed by atoms with Crippen molar-refractivity contribution in [3.05, 3.63) is 119 Å². The van der Waals surface area contributed by atoms with E-state index in [1.807, 2.05) is 18.2 Å². The van der Waals surface area contributed by atoms with Crippen molar-refractivity contribution in [3.63, 3.8) is 0 Å². The lowest BCUT2D eigenvalue weighted by Gasteiger charge is -2.35. The van der Waals surface area contributed by atoms with E-state index in [1.54, 1.807) is 12.1 Å². The smallest absolute Gasteiger partial charge is 0.406 e. The Bertz CT molecular complexity index is 1710. The van der Waals surface area contributed by atoms with Gasteiger partial charge in [0.05, 0.1) is 5.52 Å². The molecule has 8 heteroatoms. The summed E-state index contributed by atoms with van der Waals surface area (Å²) >= 11 is 6.38. The van der Waals surface area contributed by atoms with Crippen LogP contribution in [-0.4, -0.2) is 46.9 Å². The van der Waals surface area contributed by atoms with E-state index in [0.29, 0.717) is 0 Å². The Kier molecular flexibility index (Phi) is 8.48. The summed E-state index contributed by atoms with van der Waals surface area (Å²) in [6, 6.07) is 29.1. The van der Waals surface area contributed by atoms with Crippen molar-refractivity contribution in [2.75, 3.05) is 26.2 Å². The predicted octanol–water partition coefficient (Wildman–Crippen LogP) is 8.73. The van der Waals surface area contributed by atoms with Crippen LogP contribution >= 0.6 is 11.6 Å². The van der Waals surface area contributed by atoms with Crippen molar-refractivity contribution in [1.82, 2.24) is 14.4 Å². The predicted molar refractivity (Wildman–Crippen MR) is 167 cm³/mol. The number of rotatable bonds is 8. The molecule has 4 aromatic carbocycles. The summed E-state index contributed by atoms with van der Waals surface area (Å²) in [6.07, 6.45) is -1.72. The number of hydrogen-bond acceptors (Lipinski definition) is 3. The van der Waals surface area contributed by atoms with Crippen molar-refractivity contribution in [2.45, 2.75) is 32.8 Å². The number of benzene rings is 4. The molecule has 1 aliphatic rings. The molecule has 0 saturated carbocycles. The van der Waals surface area contributed by atoms with Gasteiger partial charge in [-0.2, -0.15) is 0 Å². The van der Waals surface area contributed by atoms with Crippen LogP contribution in [0.25, 0.3) is 27.7 Å². The zero-order valence-electron chi connectivity index (χ0n) is 23.9. The van der Waals surface area contributed by atoms with Crippen molar-refractivity contribution in [1.29, 1.82) is 0 Å². The topological polar surface area (TPSA) is 20.6 Å². The third-order valence-electron chi connectivity index (χ3n) is 8.09. The molecule has 0 spiro atoms. The van der Waals surface area contributed by atoms with Crippen LogP contribution in [0.5, 0.6) is 5.75 Å². The van der Waals surface area contributed by atoms with E-state index in [9.17, 15) is 13.2 Å². The molecule has 6 rings (SSSR count). The summed E-state index contributed by atoms with van der Waals surface area (Å²) in [7, 11) is 0. The number of fused-ring (bicyclic) bond motifs is 1. The monoisotopic (exact) mass is 603 g/mol. The summed E-state index contributed by atoms with van der Waals surface area (Å²) in [5.41, 5.74) is 7.48. The van der Waals surface area contributed by atoms with Crippen molar-refractivity contribution < 1.29 is 17.9 Å². The van der Waals surface area contributed by atoms with Gasteiger partial charge in [-0.05, 0) is 71.1 Å². The number of alkyl halides is 3. The van der Waals surface area contributed by atoms with Crippen LogP contribution in [0, 0.1) is 0 Å². The highest BCUT2D eigenvalue weighted by Gasteiger charge is 2.31. The van der Waals surface area contributed by atoms with Gasteiger partial charge in [-0.3, -0.25) is 9.80 Å². The van der Waals surface area contributed by atoms with Crippen LogP contribution in [0.3, 0.4) is 0 Å². The minimum absolute atomic E-state index is 0.231. The second-order valence-electron chi connectivity index (χ2n) is 11.0. The molecule has 0 N–H and O–H groups in total. The lowest BCUT2D eigenvalue weighted by molar-refractivity contribution is -0.274. The SMILES string of the molecule is CCc1cccc(-n2cc(-c3ccc(OC(F)(F)F)cc3)c3cc(CN4CCN(Cc5ccccc5Cl)CC4)ccc32)c1. The maximum Gasteiger partial charge on any atom is 0.573 e. The van der Waals surface area contributed by atoms with Gasteiger partial charge in [0.1, 0.15) is 5.75 Å². The van der Waals surface area contributed by atoms with Crippen LogP contribution in [0.15, 0.2) is 97.2 Å². The summed E-state index contributed by atoms with van der Waals surface area (Å²) in [4.78, 5) is 4.91. The zero-order chi connectivity index (χ0) is 30.0. The van der Waals surface area contributed by atoms with Crippen LogP contribution < -0.4 is 4.74 Å². The molecule has 0 atom stereocenters. The first kappa shape index (κ1) is 29.3. The molecule has 1 fully saturated rings. The highest BCUT2D eigenvalue weighted by atomic mass is 35.5. The maximum absolute atomic E-state index is 12.8. The fourth-order valence-electron chi connectivity index (χ4n) is 5.81. The van der Waals surface area contributed by atoms with E-state index in [-0.39, 0.29) is 5.75 Å². The number of aromatic nitrogens is 1. The van der Waals surface area contributed by atoms with Gasteiger partial charge in [0.15, 0.2) is 0 Å². The summed E-state index contributed by atoms with van der Waals surface area (Å²) < 4.78 is 44.6. The zero-order valence-corrected chi connectivity index (χ0v) is 24.7. The van der Waals surface area contributed by atoms with E-state index >= 15 is 0 Å². The van der Waals surface area contributed by atoms with Gasteiger partial charge in [-0.1, -0.05) is 67.1 Å². The summed E-state index contributed by atoms with van der Waals surface area (Å²) in [5, 5.41) is 1.87. The fourth-order valence-corrected chi connectivity index (χ4v) is 6.01. The molecular formula is C35H33ClF3N3O. The average molecular weight is 604 g/mol. The number of piperazine rings is 1. The van der Waals surface area contributed by atoms with E-state index in [1.165, 1.54) is 23.3 Å². The quantitative estimate of drug-likeness (QED) is 0.177. The average Bonchev–Trinajstić information content (AvgIpc) is 3.38. The van der Waals surface area contributed by atoms with Gasteiger partial charge < -0.3 is 9.30 Å². The van der Waals surface area contributed by atoms with Crippen LogP contribution in [0.4, 0.5) is 13.2 Å². The van der Waals surface area contributed by atoms with Crippen LogP contribution in [0.2, 0.25) is 5.02 Å². The van der Waals surface area contributed by atoms with E-state index in [4.69, 9.17) is 11.6 Å². The second-order valence-corrected chi connectivity index (χ2v) is 11.4. The highest BCUT2D eigenvalue weighted by molar-refractivity contribution is 6.31. The van der Waals surface area contributed by atoms with Crippen LogP contribution in [-0.2, 0) is 19.5 Å². The van der Waals surface area contributed by atoms with Gasteiger partial charge in [-0.25, -0.2) is 0 Å². The standard InChI is InChI=1S/C35H33ClF3N3O/c1-2-25-6-5-8-29(20-25)42-24-32(27-11-13-30(14-12-27)43-35(37,38)39)31-21-26(10-15-34(31)42)22-40-16-18-41(19-17-40)23-28-7-3-4-9-33(28)36/h3-15,20-21,24H,2,16-19,22-23H2,1H3. The number of ether oxygens (including phenoxy) is 1. The van der Waals surface area contributed by atoms with Gasteiger partial charge in [0.25, 0.3) is 0 Å². The Morgan fingerprint density at radius 3 is 2.19 bits per heavy atom. The van der Waals surface area contributed by atoms with Crippen LogP contribution in [0.1, 0.15) is 23.6 Å². The molecule has 0 amide bonds. The molecular weight excluding hydrogens is 571 g/mol. The Hall–Kier alpha value is -3.78. The Morgan fingerprint density at radius 1 is 0.767 bits per heavy atom. The van der Waals surface area contributed by atoms with Crippen molar-refractivity contribution >= 4 is 22.5 Å². The molecule has 1 saturated heterocycles. The lowest BCUT2D eigenvalue weighted by atomic mass is 10.0. The van der Waals surface area contributed by atoms with E-state index < -0.39 is 6.36 Å². The number of aryl methyl sites for hydroxylation is 1. The molecule has 2 heterocycles. The van der Waals surface area contributed by atoms with Crippen molar-refractivity contribution in [2.24, 2.45) is 0 Å². The first-order valence-corrected chi connectivity index (χ1v) is 14.9. The van der Waals surface area contributed by atoms with Gasteiger partial charge in [0.2, 0.25) is 0 Å². The van der Waals surface area contributed by atoms with Crippen molar-refractivity contribution in [3.8, 4) is 22.6 Å². The second kappa shape index (κ2) is 12.4. The first-order chi connectivity index (χ1) is 20.8. The minimum atomic E-state index is -4.73. The summed E-state index contributed by atoms with van der Waals surface area (Å²) in [5.74, 6) is -0.231. The number of halogens is 4. The molecule has 1 aliphatic heterocycles. The molecule has 4 nitrogen and oxygen atoms in total. The van der Waals surface area contributed by atoms with Gasteiger partial charge in [0, 0.05) is 67.1 Å². The largest absolute Gasteiger partial charge is 0.573 e. The Labute approximate surface area is 254 Å². The summed E-state index contributed by atoms with van der Waals surface area (Å²) in [6.45, 7) is 7.66. The minimum Gasteiger partial charge on any atom is -0.406 e. The molecule has 5 aromatic rings. The molecule has 0 aliphatic carbocycles. The highest BCUT2D eigenvalue weighted by Crippen LogP contribution is 2.35. The molecule has 43 heavy (non-hydrogen) atoms. The molecule has 0 radical (unpaired) electrons. The Balaban J connectivity index is 1.26. The maximum atomic E-state index is 12.8. The van der Waals surface area contributed by atoms with E-state index in [0.717, 1.165) is 84.0 Å². The normalized spacial score (nSPS) is 14.8. The molecule has 0 bridgehead atoms. The Morgan fingerprint density at radius 2 is 1.49 bits per heavy atom. The number of nitrogens with zero attached hydrogens (tertiary/aromatic N) is 3. The third-order valence-corrected chi connectivity index (χ3v) is 8.46. The first-order valence-electron chi connectivity index (χ1n) is 14.5. The molecule has 222 valence electrons. The van der Waals surface area contributed by atoms with E-state index in [2.05, 4.69) is 80.8 Å². The molecule has 0 unspecified atom stereocenters. The third kappa shape index (κ3) is 6.90. The number of hydrogen-bond donors (Lipinski definition) is 0.